The van der Waals surface area contributed by atoms with E-state index in [1.807, 2.05) is 38.1 Å². The minimum Gasteiger partial charge on any atom is -0.491 e. The van der Waals surface area contributed by atoms with Crippen LogP contribution in [0.5, 0.6) is 5.75 Å². The van der Waals surface area contributed by atoms with Gasteiger partial charge in [-0.2, -0.15) is 0 Å². The van der Waals surface area contributed by atoms with Crippen LogP contribution in [0.25, 0.3) is 0 Å². The molecular weight excluding hydrogens is 369 g/mol. The van der Waals surface area contributed by atoms with Crippen LogP contribution < -0.4 is 15.4 Å². The SMILES string of the molecule is Cc1nc(Nc2ccc(OC(C)C)cc2)cc(Nc2ccc(F)c(F)c2F)n1. The summed E-state index contributed by atoms with van der Waals surface area (Å²) in [5, 5.41) is 5.76. The van der Waals surface area contributed by atoms with Crippen molar-refractivity contribution >= 4 is 23.0 Å². The lowest BCUT2D eigenvalue weighted by Crippen LogP contribution is -2.05. The zero-order valence-electron chi connectivity index (χ0n) is 15.6. The maximum atomic E-state index is 13.9. The average molecular weight is 388 g/mol. The van der Waals surface area contributed by atoms with Gasteiger partial charge < -0.3 is 15.4 Å². The quantitative estimate of drug-likeness (QED) is 0.548. The van der Waals surface area contributed by atoms with Crippen molar-refractivity contribution in [1.29, 1.82) is 0 Å². The zero-order valence-corrected chi connectivity index (χ0v) is 15.6. The molecule has 0 spiro atoms. The Morgan fingerprint density at radius 2 is 1.50 bits per heavy atom. The van der Waals surface area contributed by atoms with Crippen LogP contribution in [0, 0.1) is 24.4 Å². The third-order valence-corrected chi connectivity index (χ3v) is 3.63. The molecule has 0 aliphatic heterocycles. The van der Waals surface area contributed by atoms with Gasteiger partial charge in [0.25, 0.3) is 0 Å². The van der Waals surface area contributed by atoms with E-state index < -0.39 is 17.5 Å². The third-order valence-electron chi connectivity index (χ3n) is 3.63. The zero-order chi connectivity index (χ0) is 20.3. The van der Waals surface area contributed by atoms with Gasteiger partial charge in [0.1, 0.15) is 23.2 Å². The lowest BCUT2D eigenvalue weighted by Gasteiger charge is -2.12. The molecule has 8 heteroatoms. The number of hydrogen-bond donors (Lipinski definition) is 2. The van der Waals surface area contributed by atoms with Crippen molar-refractivity contribution in [2.24, 2.45) is 0 Å². The smallest absolute Gasteiger partial charge is 0.196 e. The number of aryl methyl sites for hydroxylation is 1. The molecule has 28 heavy (non-hydrogen) atoms. The summed E-state index contributed by atoms with van der Waals surface area (Å²) in [6, 6.07) is 10.8. The minimum atomic E-state index is -1.54. The Morgan fingerprint density at radius 3 is 2.14 bits per heavy atom. The number of rotatable bonds is 6. The molecule has 3 aromatic rings. The first-order valence-corrected chi connectivity index (χ1v) is 8.62. The molecule has 146 valence electrons. The maximum absolute atomic E-state index is 13.9. The third kappa shape index (κ3) is 4.70. The van der Waals surface area contributed by atoms with E-state index in [0.29, 0.717) is 11.6 Å². The van der Waals surface area contributed by atoms with Crippen LogP contribution in [0.1, 0.15) is 19.7 Å². The Morgan fingerprint density at radius 1 is 0.857 bits per heavy atom. The van der Waals surface area contributed by atoms with E-state index in [2.05, 4.69) is 20.6 Å². The van der Waals surface area contributed by atoms with E-state index in [-0.39, 0.29) is 17.6 Å². The summed E-state index contributed by atoms with van der Waals surface area (Å²) < 4.78 is 46.0. The van der Waals surface area contributed by atoms with Crippen molar-refractivity contribution in [3.8, 4) is 5.75 Å². The van der Waals surface area contributed by atoms with Crippen molar-refractivity contribution < 1.29 is 17.9 Å². The summed E-state index contributed by atoms with van der Waals surface area (Å²) in [6.07, 6.45) is 0.0775. The van der Waals surface area contributed by atoms with Gasteiger partial charge >= 0.3 is 0 Å². The standard InChI is InChI=1S/C20H19F3N4O/c1-11(2)28-14-6-4-13(5-7-14)26-17-10-18(25-12(3)24-17)27-16-9-8-15(21)19(22)20(16)23/h4-11H,1-3H3,(H2,24,25,26,27). The van der Waals surface area contributed by atoms with E-state index in [9.17, 15) is 13.2 Å². The first kappa shape index (κ1) is 19.5. The summed E-state index contributed by atoms with van der Waals surface area (Å²) in [5.74, 6) is -2.26. The number of nitrogens with one attached hydrogen (secondary N) is 2. The summed E-state index contributed by atoms with van der Waals surface area (Å²) in [4.78, 5) is 8.42. The summed E-state index contributed by atoms with van der Waals surface area (Å²) >= 11 is 0. The van der Waals surface area contributed by atoms with Crippen molar-refractivity contribution in [3.05, 3.63) is 65.7 Å². The Kier molecular flexibility index (Phi) is 5.67. The van der Waals surface area contributed by atoms with Crippen LogP contribution in [0.3, 0.4) is 0 Å². The molecule has 0 aliphatic carbocycles. The Bertz CT molecular complexity index is 978. The van der Waals surface area contributed by atoms with Crippen molar-refractivity contribution in [2.75, 3.05) is 10.6 Å². The van der Waals surface area contributed by atoms with Gasteiger partial charge in [0.05, 0.1) is 11.8 Å². The maximum Gasteiger partial charge on any atom is 0.196 e. The molecule has 5 nitrogen and oxygen atoms in total. The van der Waals surface area contributed by atoms with Crippen LogP contribution in [0.2, 0.25) is 0 Å². The fraction of sp³-hybridized carbons (Fsp3) is 0.200. The molecule has 0 saturated carbocycles. The van der Waals surface area contributed by atoms with Crippen LogP contribution in [-0.4, -0.2) is 16.1 Å². The van der Waals surface area contributed by atoms with E-state index in [1.54, 1.807) is 6.92 Å². The highest BCUT2D eigenvalue weighted by Gasteiger charge is 2.14. The molecular formula is C20H19F3N4O. The molecule has 1 heterocycles. The molecule has 0 unspecified atom stereocenters. The highest BCUT2D eigenvalue weighted by Crippen LogP contribution is 2.25. The van der Waals surface area contributed by atoms with Gasteiger partial charge in [-0.1, -0.05) is 0 Å². The number of hydrogen-bond acceptors (Lipinski definition) is 5. The van der Waals surface area contributed by atoms with E-state index in [0.717, 1.165) is 23.6 Å². The summed E-state index contributed by atoms with van der Waals surface area (Å²) in [5.41, 5.74) is 0.539. The first-order valence-electron chi connectivity index (χ1n) is 8.62. The van der Waals surface area contributed by atoms with Gasteiger partial charge in [-0.3, -0.25) is 0 Å². The number of aromatic nitrogens is 2. The van der Waals surface area contributed by atoms with Crippen LogP contribution >= 0.6 is 0 Å². The van der Waals surface area contributed by atoms with Gasteiger partial charge in [0, 0.05) is 11.8 Å². The summed E-state index contributed by atoms with van der Waals surface area (Å²) in [7, 11) is 0. The van der Waals surface area contributed by atoms with Crippen LogP contribution in [0.15, 0.2) is 42.5 Å². The van der Waals surface area contributed by atoms with Crippen LogP contribution in [0.4, 0.5) is 36.2 Å². The Balaban J connectivity index is 1.79. The highest BCUT2D eigenvalue weighted by molar-refractivity contribution is 5.64. The fourth-order valence-corrected chi connectivity index (χ4v) is 2.49. The molecule has 2 N–H and O–H groups in total. The second-order valence-corrected chi connectivity index (χ2v) is 6.35. The van der Waals surface area contributed by atoms with Crippen molar-refractivity contribution in [3.63, 3.8) is 0 Å². The lowest BCUT2D eigenvalue weighted by molar-refractivity contribution is 0.242. The minimum absolute atomic E-state index is 0.0775. The predicted molar refractivity (Wildman–Crippen MR) is 102 cm³/mol. The van der Waals surface area contributed by atoms with Gasteiger partial charge in [-0.15, -0.1) is 0 Å². The number of benzene rings is 2. The topological polar surface area (TPSA) is 59.1 Å². The van der Waals surface area contributed by atoms with Gasteiger partial charge in [0.15, 0.2) is 17.5 Å². The van der Waals surface area contributed by atoms with Crippen molar-refractivity contribution in [1.82, 2.24) is 9.97 Å². The Hall–Kier alpha value is -3.29. The first-order chi connectivity index (χ1) is 13.3. The number of halogens is 3. The van der Waals surface area contributed by atoms with E-state index >= 15 is 0 Å². The van der Waals surface area contributed by atoms with E-state index in [4.69, 9.17) is 4.74 Å². The number of anilines is 4. The highest BCUT2D eigenvalue weighted by atomic mass is 19.2. The molecule has 2 aromatic carbocycles. The lowest BCUT2D eigenvalue weighted by atomic mass is 10.2. The predicted octanol–water partition coefficient (Wildman–Crippen LogP) is 5.48. The summed E-state index contributed by atoms with van der Waals surface area (Å²) in [6.45, 7) is 5.55. The number of ether oxygens (including phenoxy) is 1. The molecule has 0 fully saturated rings. The second-order valence-electron chi connectivity index (χ2n) is 6.35. The normalized spacial score (nSPS) is 10.8. The molecule has 0 aliphatic rings. The largest absolute Gasteiger partial charge is 0.491 e. The molecule has 0 bridgehead atoms. The molecule has 0 amide bonds. The molecule has 1 aromatic heterocycles. The number of nitrogens with zero attached hydrogens (tertiary/aromatic N) is 2. The second kappa shape index (κ2) is 8.16. The molecule has 0 saturated heterocycles. The monoisotopic (exact) mass is 388 g/mol. The van der Waals surface area contributed by atoms with Gasteiger partial charge in [-0.05, 0) is 57.2 Å². The molecule has 0 radical (unpaired) electrons. The van der Waals surface area contributed by atoms with Gasteiger partial charge in [-0.25, -0.2) is 23.1 Å². The van der Waals surface area contributed by atoms with Crippen LogP contribution in [-0.2, 0) is 0 Å². The van der Waals surface area contributed by atoms with E-state index in [1.165, 1.54) is 6.07 Å². The van der Waals surface area contributed by atoms with Crippen molar-refractivity contribution in [2.45, 2.75) is 26.9 Å². The van der Waals surface area contributed by atoms with Gasteiger partial charge in [0.2, 0.25) is 0 Å². The molecule has 3 rings (SSSR count). The average Bonchev–Trinajstić information content (AvgIpc) is 2.63. The Labute approximate surface area is 160 Å². The molecule has 0 atom stereocenters. The fourth-order valence-electron chi connectivity index (χ4n) is 2.49.